The van der Waals surface area contributed by atoms with Crippen LogP contribution < -0.4 is 5.73 Å². The number of hydrogen-bond acceptors (Lipinski definition) is 2. The van der Waals surface area contributed by atoms with Gasteiger partial charge in [0, 0.05) is 18.6 Å². The van der Waals surface area contributed by atoms with Gasteiger partial charge in [-0.3, -0.25) is 4.90 Å². The number of hydrogen-bond donors (Lipinski definition) is 1. The lowest BCUT2D eigenvalue weighted by molar-refractivity contribution is 0.300. The second-order valence-corrected chi connectivity index (χ2v) is 4.11. The summed E-state index contributed by atoms with van der Waals surface area (Å²) in [6, 6.07) is 0. The van der Waals surface area contributed by atoms with Crippen LogP contribution in [-0.2, 0) is 0 Å². The van der Waals surface area contributed by atoms with E-state index in [1.807, 2.05) is 6.08 Å². The molecule has 1 fully saturated rings. The number of nitrogens with zero attached hydrogens (tertiary/aromatic N) is 1. The molecule has 2 nitrogen and oxygen atoms in total. The van der Waals surface area contributed by atoms with E-state index < -0.39 is 0 Å². The fourth-order valence-corrected chi connectivity index (χ4v) is 1.72. The molecule has 0 aromatic carbocycles. The average Bonchev–Trinajstić information content (AvgIpc) is 2.45. The molecule has 70 valence electrons. The van der Waals surface area contributed by atoms with E-state index in [0.717, 1.165) is 26.2 Å². The van der Waals surface area contributed by atoms with Crippen molar-refractivity contribution in [1.82, 2.24) is 4.90 Å². The van der Waals surface area contributed by atoms with Crippen molar-refractivity contribution >= 4 is 11.6 Å². The first kappa shape index (κ1) is 10.0. The van der Waals surface area contributed by atoms with Crippen molar-refractivity contribution in [3.8, 4) is 0 Å². The Balaban J connectivity index is 2.35. The molecular formula is C9H17ClN2. The summed E-state index contributed by atoms with van der Waals surface area (Å²) in [4.78, 5) is 2.38. The minimum atomic E-state index is 0.333. The smallest absolute Gasteiger partial charge is 0.0175 e. The van der Waals surface area contributed by atoms with Gasteiger partial charge in [0.2, 0.25) is 0 Å². The lowest BCUT2D eigenvalue weighted by Gasteiger charge is -2.21. The van der Waals surface area contributed by atoms with Crippen LogP contribution in [0.4, 0.5) is 0 Å². The minimum absolute atomic E-state index is 0.333. The monoisotopic (exact) mass is 188 g/mol. The van der Waals surface area contributed by atoms with E-state index in [1.165, 1.54) is 6.42 Å². The quantitative estimate of drug-likeness (QED) is 0.726. The van der Waals surface area contributed by atoms with Crippen LogP contribution in [-0.4, -0.2) is 31.1 Å². The number of likely N-dealkylation sites (tertiary alicyclic amines) is 1. The summed E-state index contributed by atoms with van der Waals surface area (Å²) in [5.74, 6) is 0. The maximum atomic E-state index is 5.69. The highest BCUT2D eigenvalue weighted by Gasteiger charge is 2.31. The summed E-state index contributed by atoms with van der Waals surface area (Å²) >= 11 is 5.45. The molecule has 2 N–H and O–H groups in total. The third kappa shape index (κ3) is 2.47. The fraction of sp³-hybridized carbons (Fsp3) is 0.778. The summed E-state index contributed by atoms with van der Waals surface area (Å²) in [5.41, 5.74) is 7.60. The predicted octanol–water partition coefficient (Wildman–Crippen LogP) is 1.41. The van der Waals surface area contributed by atoms with Crippen LogP contribution in [0.3, 0.4) is 0 Å². The van der Waals surface area contributed by atoms with Gasteiger partial charge in [0.05, 0.1) is 0 Å². The molecule has 1 aliphatic heterocycles. The van der Waals surface area contributed by atoms with E-state index in [0.29, 0.717) is 5.41 Å². The molecule has 0 radical (unpaired) electrons. The largest absolute Gasteiger partial charge is 0.330 e. The van der Waals surface area contributed by atoms with E-state index in [-0.39, 0.29) is 0 Å². The first-order valence-corrected chi connectivity index (χ1v) is 4.81. The lowest BCUT2D eigenvalue weighted by Crippen LogP contribution is -2.31. The van der Waals surface area contributed by atoms with Gasteiger partial charge in [0.15, 0.2) is 0 Å². The maximum absolute atomic E-state index is 5.69. The van der Waals surface area contributed by atoms with Crippen molar-refractivity contribution in [3.05, 3.63) is 11.6 Å². The van der Waals surface area contributed by atoms with E-state index >= 15 is 0 Å². The molecular weight excluding hydrogens is 172 g/mol. The minimum Gasteiger partial charge on any atom is -0.330 e. The van der Waals surface area contributed by atoms with Crippen LogP contribution in [0.5, 0.6) is 0 Å². The van der Waals surface area contributed by atoms with Crippen LogP contribution in [0.2, 0.25) is 0 Å². The van der Waals surface area contributed by atoms with Crippen molar-refractivity contribution in [2.45, 2.75) is 13.3 Å². The molecule has 0 amide bonds. The zero-order chi connectivity index (χ0) is 9.03. The standard InChI is InChI=1S/C9H17ClN2/c1-9(7-11)3-6-12(8-9)5-2-4-10/h2,4H,3,5-8,11H2,1H3/b4-2+. The van der Waals surface area contributed by atoms with Crippen LogP contribution >= 0.6 is 11.6 Å². The fourth-order valence-electron chi connectivity index (χ4n) is 1.64. The molecule has 12 heavy (non-hydrogen) atoms. The third-order valence-corrected chi connectivity index (χ3v) is 2.76. The first-order chi connectivity index (χ1) is 5.70. The summed E-state index contributed by atoms with van der Waals surface area (Å²) in [6.07, 6.45) is 3.18. The van der Waals surface area contributed by atoms with Gasteiger partial charge in [-0.2, -0.15) is 0 Å². The summed E-state index contributed by atoms with van der Waals surface area (Å²) in [5, 5.41) is 0. The van der Waals surface area contributed by atoms with Crippen LogP contribution in [0.1, 0.15) is 13.3 Å². The van der Waals surface area contributed by atoms with Crippen molar-refractivity contribution in [2.75, 3.05) is 26.2 Å². The van der Waals surface area contributed by atoms with Crippen LogP contribution in [0, 0.1) is 5.41 Å². The zero-order valence-electron chi connectivity index (χ0n) is 7.59. The van der Waals surface area contributed by atoms with Gasteiger partial charge in [-0.1, -0.05) is 24.6 Å². The molecule has 0 saturated carbocycles. The molecule has 1 heterocycles. The van der Waals surface area contributed by atoms with Gasteiger partial charge >= 0.3 is 0 Å². The molecule has 3 heteroatoms. The molecule has 0 spiro atoms. The van der Waals surface area contributed by atoms with Gasteiger partial charge < -0.3 is 5.73 Å². The zero-order valence-corrected chi connectivity index (χ0v) is 8.35. The molecule has 0 aromatic heterocycles. The Morgan fingerprint density at radius 2 is 2.42 bits per heavy atom. The summed E-state index contributed by atoms with van der Waals surface area (Å²) in [6.45, 7) is 6.24. The van der Waals surface area contributed by atoms with Crippen LogP contribution in [0.15, 0.2) is 11.6 Å². The molecule has 1 unspecified atom stereocenters. The van der Waals surface area contributed by atoms with Crippen molar-refractivity contribution in [3.63, 3.8) is 0 Å². The predicted molar refractivity (Wildman–Crippen MR) is 53.2 cm³/mol. The Hall–Kier alpha value is -0.0500. The second-order valence-electron chi connectivity index (χ2n) is 3.86. The molecule has 0 aliphatic carbocycles. The van der Waals surface area contributed by atoms with Gasteiger partial charge in [0.1, 0.15) is 0 Å². The number of rotatable bonds is 3. The van der Waals surface area contributed by atoms with Crippen molar-refractivity contribution < 1.29 is 0 Å². The number of halogens is 1. The summed E-state index contributed by atoms with van der Waals surface area (Å²) in [7, 11) is 0. The van der Waals surface area contributed by atoms with Crippen molar-refractivity contribution in [1.29, 1.82) is 0 Å². The van der Waals surface area contributed by atoms with Crippen LogP contribution in [0.25, 0.3) is 0 Å². The normalized spacial score (nSPS) is 31.9. The first-order valence-electron chi connectivity index (χ1n) is 4.38. The molecule has 0 bridgehead atoms. The topological polar surface area (TPSA) is 29.3 Å². The molecule has 1 aliphatic rings. The molecule has 1 saturated heterocycles. The van der Waals surface area contributed by atoms with Gasteiger partial charge in [0.25, 0.3) is 0 Å². The Bertz CT molecular complexity index is 170. The third-order valence-electron chi connectivity index (χ3n) is 2.58. The Labute approximate surface area is 79.4 Å². The van der Waals surface area contributed by atoms with Crippen molar-refractivity contribution in [2.24, 2.45) is 11.1 Å². The average molecular weight is 189 g/mol. The Morgan fingerprint density at radius 3 is 2.92 bits per heavy atom. The highest BCUT2D eigenvalue weighted by molar-refractivity contribution is 6.25. The second kappa shape index (κ2) is 4.26. The van der Waals surface area contributed by atoms with E-state index in [4.69, 9.17) is 17.3 Å². The van der Waals surface area contributed by atoms with E-state index in [1.54, 1.807) is 5.54 Å². The van der Waals surface area contributed by atoms with E-state index in [2.05, 4.69) is 11.8 Å². The Kier molecular flexibility index (Phi) is 3.56. The molecule has 1 rings (SSSR count). The Morgan fingerprint density at radius 1 is 1.67 bits per heavy atom. The SMILES string of the molecule is CC1(CN)CCN(C/C=C/Cl)C1. The van der Waals surface area contributed by atoms with Gasteiger partial charge in [-0.05, 0) is 24.9 Å². The molecule has 0 aromatic rings. The molecule has 1 atom stereocenters. The van der Waals surface area contributed by atoms with Gasteiger partial charge in [-0.25, -0.2) is 0 Å². The van der Waals surface area contributed by atoms with E-state index in [9.17, 15) is 0 Å². The maximum Gasteiger partial charge on any atom is 0.0175 e. The number of nitrogens with two attached hydrogens (primary N) is 1. The lowest BCUT2D eigenvalue weighted by atomic mass is 9.90. The summed E-state index contributed by atoms with van der Waals surface area (Å²) < 4.78 is 0. The highest BCUT2D eigenvalue weighted by Crippen LogP contribution is 2.27. The van der Waals surface area contributed by atoms with Gasteiger partial charge in [-0.15, -0.1) is 0 Å². The highest BCUT2D eigenvalue weighted by atomic mass is 35.5.